The molecule has 2 rings (SSSR count). The summed E-state index contributed by atoms with van der Waals surface area (Å²) in [4.78, 5) is 12.6. The summed E-state index contributed by atoms with van der Waals surface area (Å²) in [6.45, 7) is 4.86. The van der Waals surface area contributed by atoms with Gasteiger partial charge in [0.05, 0.1) is 11.4 Å². The van der Waals surface area contributed by atoms with Crippen molar-refractivity contribution < 1.29 is 17.9 Å². The standard InChI is InChI=1S/C18H20ClNO4S/c1-18(2,3)24-17(21)20(13-14-8-7-9-15(19)12-14)25(22,23)16-10-5-4-6-11-16/h4-12H,13H2,1-3H3. The molecule has 134 valence electrons. The number of halogens is 1. The van der Waals surface area contributed by atoms with Gasteiger partial charge in [-0.25, -0.2) is 13.2 Å². The van der Waals surface area contributed by atoms with E-state index in [0.717, 1.165) is 4.31 Å². The van der Waals surface area contributed by atoms with Crippen LogP contribution in [0.15, 0.2) is 59.5 Å². The fourth-order valence-electron chi connectivity index (χ4n) is 2.08. The molecule has 5 nitrogen and oxygen atoms in total. The van der Waals surface area contributed by atoms with E-state index in [0.29, 0.717) is 10.6 Å². The normalized spacial score (nSPS) is 11.8. The lowest BCUT2D eigenvalue weighted by molar-refractivity contribution is 0.0381. The minimum atomic E-state index is -4.07. The summed E-state index contributed by atoms with van der Waals surface area (Å²) in [5.74, 6) is 0. The Morgan fingerprint density at radius 1 is 1.08 bits per heavy atom. The summed E-state index contributed by atoms with van der Waals surface area (Å²) in [6.07, 6.45) is -0.934. The first kappa shape index (κ1) is 19.3. The van der Waals surface area contributed by atoms with Crippen LogP contribution in [0.25, 0.3) is 0 Å². The fourth-order valence-corrected chi connectivity index (χ4v) is 3.60. The first-order valence-corrected chi connectivity index (χ1v) is 9.46. The third kappa shape index (κ3) is 5.21. The van der Waals surface area contributed by atoms with Crippen molar-refractivity contribution in [3.8, 4) is 0 Å². The summed E-state index contributed by atoms with van der Waals surface area (Å²) in [6, 6.07) is 14.4. The van der Waals surface area contributed by atoms with Gasteiger partial charge < -0.3 is 4.74 Å². The molecular weight excluding hydrogens is 362 g/mol. The summed E-state index contributed by atoms with van der Waals surface area (Å²) in [5.41, 5.74) is -0.242. The van der Waals surface area contributed by atoms with Crippen molar-refractivity contribution in [1.29, 1.82) is 0 Å². The number of hydrogen-bond acceptors (Lipinski definition) is 4. The molecule has 2 aromatic rings. The van der Waals surface area contributed by atoms with Crippen molar-refractivity contribution in [2.24, 2.45) is 0 Å². The first-order chi connectivity index (χ1) is 11.6. The number of rotatable bonds is 4. The Morgan fingerprint density at radius 3 is 2.28 bits per heavy atom. The van der Waals surface area contributed by atoms with Crippen LogP contribution < -0.4 is 0 Å². The SMILES string of the molecule is CC(C)(C)OC(=O)N(Cc1cccc(Cl)c1)S(=O)(=O)c1ccccc1. The molecular formula is C18H20ClNO4S. The van der Waals surface area contributed by atoms with Crippen LogP contribution in [0, 0.1) is 0 Å². The molecule has 0 fully saturated rings. The van der Waals surface area contributed by atoms with E-state index >= 15 is 0 Å². The van der Waals surface area contributed by atoms with Gasteiger partial charge in [-0.2, -0.15) is 4.31 Å². The quantitative estimate of drug-likeness (QED) is 0.783. The second kappa shape index (κ2) is 7.45. The predicted octanol–water partition coefficient (Wildman–Crippen LogP) is 4.47. The van der Waals surface area contributed by atoms with Crippen LogP contribution in [0.3, 0.4) is 0 Å². The van der Waals surface area contributed by atoms with Crippen molar-refractivity contribution >= 4 is 27.7 Å². The molecule has 2 aromatic carbocycles. The van der Waals surface area contributed by atoms with Gasteiger partial charge in [0, 0.05) is 5.02 Å². The molecule has 0 bridgehead atoms. The fraction of sp³-hybridized carbons (Fsp3) is 0.278. The number of carbonyl (C=O) groups excluding carboxylic acids is 1. The number of ether oxygens (including phenoxy) is 1. The average Bonchev–Trinajstić information content (AvgIpc) is 2.51. The van der Waals surface area contributed by atoms with Gasteiger partial charge in [0.15, 0.2) is 0 Å². The van der Waals surface area contributed by atoms with E-state index < -0.39 is 21.7 Å². The van der Waals surface area contributed by atoms with E-state index in [1.54, 1.807) is 63.2 Å². The zero-order valence-electron chi connectivity index (χ0n) is 14.3. The minimum Gasteiger partial charge on any atom is -0.443 e. The number of hydrogen-bond donors (Lipinski definition) is 0. The number of amides is 1. The molecule has 7 heteroatoms. The van der Waals surface area contributed by atoms with Gasteiger partial charge in [-0.15, -0.1) is 0 Å². The third-order valence-corrected chi connectivity index (χ3v) is 5.10. The van der Waals surface area contributed by atoms with Crippen molar-refractivity contribution in [1.82, 2.24) is 4.31 Å². The van der Waals surface area contributed by atoms with Crippen LogP contribution in [0.5, 0.6) is 0 Å². The van der Waals surface area contributed by atoms with Gasteiger partial charge in [0.2, 0.25) is 0 Å². The second-order valence-corrected chi connectivity index (χ2v) is 8.73. The Kier molecular flexibility index (Phi) is 5.75. The summed E-state index contributed by atoms with van der Waals surface area (Å²) in [7, 11) is -4.07. The third-order valence-electron chi connectivity index (χ3n) is 3.14. The highest BCUT2D eigenvalue weighted by molar-refractivity contribution is 7.89. The highest BCUT2D eigenvalue weighted by atomic mass is 35.5. The van der Waals surface area contributed by atoms with Gasteiger partial charge in [0.25, 0.3) is 10.0 Å². The molecule has 0 heterocycles. The largest absolute Gasteiger partial charge is 0.443 e. The van der Waals surface area contributed by atoms with Gasteiger partial charge in [-0.05, 0) is 50.6 Å². The molecule has 0 saturated carbocycles. The number of sulfonamides is 1. The van der Waals surface area contributed by atoms with Crippen molar-refractivity contribution in [2.45, 2.75) is 37.8 Å². The van der Waals surface area contributed by atoms with Crippen LogP contribution in [-0.4, -0.2) is 24.4 Å². The van der Waals surface area contributed by atoms with Crippen LogP contribution in [0.2, 0.25) is 5.02 Å². The topological polar surface area (TPSA) is 63.7 Å². The molecule has 0 unspecified atom stereocenters. The van der Waals surface area contributed by atoms with Crippen LogP contribution >= 0.6 is 11.6 Å². The minimum absolute atomic E-state index is 0.0166. The highest BCUT2D eigenvalue weighted by Crippen LogP contribution is 2.22. The maximum Gasteiger partial charge on any atom is 0.424 e. The van der Waals surface area contributed by atoms with E-state index in [2.05, 4.69) is 0 Å². The average molecular weight is 382 g/mol. The molecule has 0 saturated heterocycles. The molecule has 0 aromatic heterocycles. The van der Waals surface area contributed by atoms with E-state index in [9.17, 15) is 13.2 Å². The zero-order valence-corrected chi connectivity index (χ0v) is 15.8. The lowest BCUT2D eigenvalue weighted by atomic mass is 10.2. The van der Waals surface area contributed by atoms with E-state index in [4.69, 9.17) is 16.3 Å². The lowest BCUT2D eigenvalue weighted by Crippen LogP contribution is -2.40. The maximum absolute atomic E-state index is 12.9. The van der Waals surface area contributed by atoms with Gasteiger partial charge in [0.1, 0.15) is 5.60 Å². The van der Waals surface area contributed by atoms with Crippen molar-refractivity contribution in [2.75, 3.05) is 0 Å². The Bertz CT molecular complexity index is 845. The predicted molar refractivity (Wildman–Crippen MR) is 96.9 cm³/mol. The highest BCUT2D eigenvalue weighted by Gasteiger charge is 2.33. The summed E-state index contributed by atoms with van der Waals surface area (Å²) in [5, 5.41) is 0.457. The Balaban J connectivity index is 2.43. The Labute approximate surface area is 153 Å². The van der Waals surface area contributed by atoms with E-state index in [1.165, 1.54) is 12.1 Å². The smallest absolute Gasteiger partial charge is 0.424 e. The first-order valence-electron chi connectivity index (χ1n) is 7.65. The number of benzene rings is 2. The molecule has 0 radical (unpaired) electrons. The van der Waals surface area contributed by atoms with Crippen LogP contribution in [0.1, 0.15) is 26.3 Å². The molecule has 0 aliphatic rings. The number of nitrogens with zero attached hydrogens (tertiary/aromatic N) is 1. The van der Waals surface area contributed by atoms with Crippen molar-refractivity contribution in [3.05, 3.63) is 65.2 Å². The van der Waals surface area contributed by atoms with Crippen molar-refractivity contribution in [3.63, 3.8) is 0 Å². The van der Waals surface area contributed by atoms with Gasteiger partial charge in [-0.3, -0.25) is 0 Å². The molecule has 0 N–H and O–H groups in total. The summed E-state index contributed by atoms with van der Waals surface area (Å²) < 4.78 is 31.9. The molecule has 25 heavy (non-hydrogen) atoms. The molecule has 0 aliphatic carbocycles. The van der Waals surface area contributed by atoms with Gasteiger partial charge >= 0.3 is 6.09 Å². The van der Waals surface area contributed by atoms with Crippen LogP contribution in [0.4, 0.5) is 4.79 Å². The summed E-state index contributed by atoms with van der Waals surface area (Å²) >= 11 is 5.96. The van der Waals surface area contributed by atoms with E-state index in [1.807, 2.05) is 0 Å². The molecule has 1 amide bonds. The maximum atomic E-state index is 12.9. The Hall–Kier alpha value is -2.05. The second-order valence-electron chi connectivity index (χ2n) is 6.43. The van der Waals surface area contributed by atoms with E-state index in [-0.39, 0.29) is 11.4 Å². The lowest BCUT2D eigenvalue weighted by Gasteiger charge is -2.27. The Morgan fingerprint density at radius 2 is 1.72 bits per heavy atom. The monoisotopic (exact) mass is 381 g/mol. The molecule has 0 aliphatic heterocycles. The molecule has 0 spiro atoms. The molecule has 0 atom stereocenters. The van der Waals surface area contributed by atoms with Crippen LogP contribution in [-0.2, 0) is 21.3 Å². The number of carbonyl (C=O) groups is 1. The van der Waals surface area contributed by atoms with Gasteiger partial charge in [-0.1, -0.05) is 41.9 Å². The zero-order chi connectivity index (χ0) is 18.7.